The molecule has 0 aliphatic carbocycles. The lowest BCUT2D eigenvalue weighted by molar-refractivity contribution is 0.0477. The molecule has 0 spiro atoms. The first-order valence-corrected chi connectivity index (χ1v) is 7.02. The van der Waals surface area contributed by atoms with E-state index in [0.29, 0.717) is 5.92 Å². The second-order valence-corrected chi connectivity index (χ2v) is 6.66. The van der Waals surface area contributed by atoms with Gasteiger partial charge in [0.25, 0.3) is 0 Å². The summed E-state index contributed by atoms with van der Waals surface area (Å²) in [6, 6.07) is 2.13. The summed E-state index contributed by atoms with van der Waals surface area (Å²) >= 11 is 0. The van der Waals surface area contributed by atoms with Crippen molar-refractivity contribution in [2.75, 3.05) is 6.61 Å². The number of hydrogen-bond acceptors (Lipinski definition) is 5. The van der Waals surface area contributed by atoms with E-state index in [0.717, 1.165) is 25.0 Å². The predicted molar refractivity (Wildman–Crippen MR) is 79.6 cm³/mol. The van der Waals surface area contributed by atoms with Crippen LogP contribution in [0.2, 0.25) is 0 Å². The highest BCUT2D eigenvalue weighted by Gasteiger charge is 2.17. The Morgan fingerprint density at radius 2 is 1.71 bits per heavy atom. The normalized spacial score (nSPS) is 13.0. The Labute approximate surface area is 125 Å². The average Bonchev–Trinajstić information content (AvgIpc) is 2.32. The Morgan fingerprint density at radius 1 is 1.19 bits per heavy atom. The number of carbonyl (C=O) groups excluding carboxylic acids is 1. The van der Waals surface area contributed by atoms with Crippen LogP contribution < -0.4 is 0 Å². The Balaban J connectivity index is 2.52. The first-order valence-electron chi connectivity index (χ1n) is 7.02. The van der Waals surface area contributed by atoms with Gasteiger partial charge < -0.3 is 20.1 Å². The van der Waals surface area contributed by atoms with Gasteiger partial charge in [-0.2, -0.15) is 0 Å². The molecular formula is C16H24O5. The van der Waals surface area contributed by atoms with Gasteiger partial charge in [-0.05, 0) is 36.3 Å². The highest BCUT2D eigenvalue weighted by molar-refractivity contribution is 5.91. The summed E-state index contributed by atoms with van der Waals surface area (Å²) in [7, 11) is 0. The Hall–Kier alpha value is -1.91. The van der Waals surface area contributed by atoms with Crippen molar-refractivity contribution in [3.8, 4) is 17.2 Å². The molecule has 0 saturated heterocycles. The van der Waals surface area contributed by atoms with E-state index in [2.05, 4.69) is 27.7 Å². The summed E-state index contributed by atoms with van der Waals surface area (Å²) < 4.78 is 5.12. The maximum Gasteiger partial charge on any atom is 0.338 e. The quantitative estimate of drug-likeness (QED) is 0.572. The highest BCUT2D eigenvalue weighted by atomic mass is 16.5. The van der Waals surface area contributed by atoms with Gasteiger partial charge >= 0.3 is 5.97 Å². The molecule has 5 nitrogen and oxygen atoms in total. The summed E-state index contributed by atoms with van der Waals surface area (Å²) in [6.07, 6.45) is 1.78. The van der Waals surface area contributed by atoms with Crippen molar-refractivity contribution in [2.45, 2.75) is 40.5 Å². The number of hydrogen-bond donors (Lipinski definition) is 3. The molecular weight excluding hydrogens is 272 g/mol. The van der Waals surface area contributed by atoms with Gasteiger partial charge in [0.2, 0.25) is 0 Å². The van der Waals surface area contributed by atoms with E-state index in [1.807, 2.05) is 0 Å². The molecule has 1 aromatic carbocycles. The van der Waals surface area contributed by atoms with E-state index in [9.17, 15) is 20.1 Å². The fourth-order valence-corrected chi connectivity index (χ4v) is 2.31. The topological polar surface area (TPSA) is 87.0 Å². The molecule has 0 bridgehead atoms. The molecule has 3 N–H and O–H groups in total. The second-order valence-electron chi connectivity index (χ2n) is 6.66. The number of benzene rings is 1. The van der Waals surface area contributed by atoms with Gasteiger partial charge in [-0.25, -0.2) is 4.79 Å². The van der Waals surface area contributed by atoms with Crippen LogP contribution >= 0.6 is 0 Å². The number of phenolic OH excluding ortho intramolecular Hbond substituents is 3. The second kappa shape index (κ2) is 6.70. The molecule has 118 valence electrons. The van der Waals surface area contributed by atoms with Crippen molar-refractivity contribution in [2.24, 2.45) is 11.3 Å². The van der Waals surface area contributed by atoms with Gasteiger partial charge in [-0.1, -0.05) is 27.7 Å². The third-order valence-corrected chi connectivity index (χ3v) is 3.11. The lowest BCUT2D eigenvalue weighted by atomic mass is 9.84. The Kier molecular flexibility index (Phi) is 5.47. The van der Waals surface area contributed by atoms with Gasteiger partial charge in [-0.15, -0.1) is 0 Å². The third kappa shape index (κ3) is 5.53. The number of ether oxygens (including phenoxy) is 1. The van der Waals surface area contributed by atoms with Crippen LogP contribution in [0.15, 0.2) is 12.1 Å². The maximum absolute atomic E-state index is 11.8. The van der Waals surface area contributed by atoms with E-state index in [1.54, 1.807) is 0 Å². The Morgan fingerprint density at radius 3 is 2.19 bits per heavy atom. The zero-order valence-corrected chi connectivity index (χ0v) is 13.0. The Bertz CT molecular complexity index is 479. The molecule has 0 fully saturated rings. The standard InChI is InChI=1S/C16H24O5/c1-10(9-16(2,3)4)5-6-21-15(20)11-7-12(17)14(19)13(18)8-11/h7-8,10,17-19H,5-6,9H2,1-4H3. The van der Waals surface area contributed by atoms with Crippen molar-refractivity contribution in [1.82, 2.24) is 0 Å². The number of esters is 1. The lowest BCUT2D eigenvalue weighted by Gasteiger charge is -2.23. The molecule has 1 atom stereocenters. The molecule has 21 heavy (non-hydrogen) atoms. The number of aromatic hydroxyl groups is 3. The minimum absolute atomic E-state index is 0.00581. The van der Waals surface area contributed by atoms with Gasteiger partial charge in [0, 0.05) is 0 Å². The van der Waals surface area contributed by atoms with E-state index in [-0.39, 0.29) is 17.6 Å². The van der Waals surface area contributed by atoms with E-state index >= 15 is 0 Å². The molecule has 1 unspecified atom stereocenters. The van der Waals surface area contributed by atoms with Gasteiger partial charge in [0.1, 0.15) is 0 Å². The molecule has 1 aromatic rings. The summed E-state index contributed by atoms with van der Waals surface area (Å²) in [4.78, 5) is 11.8. The predicted octanol–water partition coefficient (Wildman–Crippen LogP) is 3.42. The molecule has 0 aliphatic heterocycles. The average molecular weight is 296 g/mol. The van der Waals surface area contributed by atoms with Crippen LogP contribution in [0.25, 0.3) is 0 Å². The van der Waals surface area contributed by atoms with Gasteiger partial charge in [-0.3, -0.25) is 0 Å². The van der Waals surface area contributed by atoms with Crippen molar-refractivity contribution >= 4 is 5.97 Å². The van der Waals surface area contributed by atoms with Gasteiger partial charge in [0.05, 0.1) is 12.2 Å². The summed E-state index contributed by atoms with van der Waals surface area (Å²) in [5.74, 6) is -1.96. The monoisotopic (exact) mass is 296 g/mol. The van der Waals surface area contributed by atoms with E-state index in [4.69, 9.17) is 4.74 Å². The molecule has 0 aliphatic rings. The summed E-state index contributed by atoms with van der Waals surface area (Å²) in [6.45, 7) is 8.88. The van der Waals surface area contributed by atoms with Crippen molar-refractivity contribution in [3.05, 3.63) is 17.7 Å². The van der Waals surface area contributed by atoms with Crippen LogP contribution in [0.1, 0.15) is 50.9 Å². The zero-order chi connectivity index (χ0) is 16.2. The fourth-order valence-electron chi connectivity index (χ4n) is 2.31. The first kappa shape index (κ1) is 17.1. The number of carbonyl (C=O) groups is 1. The highest BCUT2D eigenvalue weighted by Crippen LogP contribution is 2.35. The van der Waals surface area contributed by atoms with Crippen molar-refractivity contribution in [1.29, 1.82) is 0 Å². The minimum atomic E-state index is -0.648. The largest absolute Gasteiger partial charge is 0.504 e. The van der Waals surface area contributed by atoms with Gasteiger partial charge in [0.15, 0.2) is 17.2 Å². The fraction of sp³-hybridized carbons (Fsp3) is 0.562. The molecule has 0 radical (unpaired) electrons. The van der Waals surface area contributed by atoms with Crippen LogP contribution in [0.5, 0.6) is 17.2 Å². The van der Waals surface area contributed by atoms with Crippen LogP contribution in [0.4, 0.5) is 0 Å². The smallest absolute Gasteiger partial charge is 0.338 e. The molecule has 5 heteroatoms. The molecule has 0 amide bonds. The SMILES string of the molecule is CC(CCOC(=O)c1cc(O)c(O)c(O)c1)CC(C)(C)C. The van der Waals surface area contributed by atoms with Crippen LogP contribution in [0, 0.1) is 11.3 Å². The molecule has 1 rings (SSSR count). The summed E-state index contributed by atoms with van der Waals surface area (Å²) in [5.41, 5.74) is 0.240. The molecule has 0 aromatic heterocycles. The van der Waals surface area contributed by atoms with Crippen molar-refractivity contribution in [3.63, 3.8) is 0 Å². The molecule has 0 saturated carbocycles. The minimum Gasteiger partial charge on any atom is -0.504 e. The zero-order valence-electron chi connectivity index (χ0n) is 13.0. The van der Waals surface area contributed by atoms with Crippen LogP contribution in [0.3, 0.4) is 0 Å². The van der Waals surface area contributed by atoms with E-state index < -0.39 is 23.2 Å². The molecule has 0 heterocycles. The third-order valence-electron chi connectivity index (χ3n) is 3.11. The maximum atomic E-state index is 11.8. The van der Waals surface area contributed by atoms with Crippen LogP contribution in [-0.4, -0.2) is 27.9 Å². The number of rotatable bonds is 5. The first-order chi connectivity index (χ1) is 9.60. The van der Waals surface area contributed by atoms with Crippen molar-refractivity contribution < 1.29 is 24.9 Å². The van der Waals surface area contributed by atoms with E-state index in [1.165, 1.54) is 0 Å². The lowest BCUT2D eigenvalue weighted by Crippen LogP contribution is -2.14. The number of phenols is 3. The summed E-state index contributed by atoms with van der Waals surface area (Å²) in [5, 5.41) is 27.9. The van der Waals surface area contributed by atoms with Crippen LogP contribution in [-0.2, 0) is 4.74 Å².